The molecule has 5 heteroatoms. The van der Waals surface area contributed by atoms with Crippen LogP contribution in [0.1, 0.15) is 18.9 Å². The van der Waals surface area contributed by atoms with Crippen molar-refractivity contribution in [2.45, 2.75) is 24.3 Å². The molecule has 0 spiro atoms. The maximum absolute atomic E-state index is 12.0. The first-order chi connectivity index (χ1) is 8.47. The van der Waals surface area contributed by atoms with Gasteiger partial charge in [0.1, 0.15) is 5.75 Å². The molecule has 0 fully saturated rings. The maximum atomic E-state index is 12.0. The summed E-state index contributed by atoms with van der Waals surface area (Å²) in [5.74, 6) is 0.564. The van der Waals surface area contributed by atoms with Gasteiger partial charge < -0.3 is 10.1 Å². The molecule has 1 aromatic carbocycles. The molecular weight excluding hydrogens is 250 g/mol. The SMILES string of the molecule is CNC(C)CC1=CS(=O)(=O)c2cc(OC)ccc21. The van der Waals surface area contributed by atoms with Gasteiger partial charge in [-0.3, -0.25) is 0 Å². The highest BCUT2D eigenvalue weighted by molar-refractivity contribution is 7.95. The third-order valence-electron chi connectivity index (χ3n) is 3.16. The van der Waals surface area contributed by atoms with E-state index in [0.29, 0.717) is 17.1 Å². The van der Waals surface area contributed by atoms with Gasteiger partial charge >= 0.3 is 0 Å². The Morgan fingerprint density at radius 2 is 2.11 bits per heavy atom. The van der Waals surface area contributed by atoms with E-state index in [9.17, 15) is 8.42 Å². The van der Waals surface area contributed by atoms with E-state index in [1.165, 1.54) is 12.5 Å². The normalized spacial score (nSPS) is 18.1. The van der Waals surface area contributed by atoms with Crippen molar-refractivity contribution in [3.8, 4) is 5.75 Å². The molecule has 0 saturated heterocycles. The van der Waals surface area contributed by atoms with Gasteiger partial charge in [-0.25, -0.2) is 8.42 Å². The Kier molecular flexibility index (Phi) is 3.45. The molecule has 1 aliphatic rings. The van der Waals surface area contributed by atoms with Gasteiger partial charge in [0.15, 0.2) is 0 Å². The lowest BCUT2D eigenvalue weighted by Gasteiger charge is -2.11. The molecule has 1 unspecified atom stereocenters. The zero-order valence-corrected chi connectivity index (χ0v) is 11.5. The van der Waals surface area contributed by atoms with E-state index < -0.39 is 9.84 Å². The van der Waals surface area contributed by atoms with Crippen LogP contribution in [0.15, 0.2) is 28.5 Å². The Balaban J connectivity index is 2.45. The Morgan fingerprint density at radius 1 is 1.39 bits per heavy atom. The lowest BCUT2D eigenvalue weighted by atomic mass is 10.0. The molecule has 0 saturated carbocycles. The Hall–Kier alpha value is -1.33. The molecule has 4 nitrogen and oxygen atoms in total. The fourth-order valence-corrected chi connectivity index (χ4v) is 3.55. The van der Waals surface area contributed by atoms with Crippen LogP contribution in [0, 0.1) is 0 Å². The molecule has 0 aromatic heterocycles. The van der Waals surface area contributed by atoms with Crippen molar-refractivity contribution in [1.29, 1.82) is 0 Å². The van der Waals surface area contributed by atoms with Crippen molar-refractivity contribution in [2.24, 2.45) is 0 Å². The lowest BCUT2D eigenvalue weighted by molar-refractivity contribution is 0.413. The van der Waals surface area contributed by atoms with E-state index in [4.69, 9.17) is 4.74 Å². The first-order valence-electron chi connectivity index (χ1n) is 5.79. The zero-order valence-electron chi connectivity index (χ0n) is 10.7. The monoisotopic (exact) mass is 267 g/mol. The predicted octanol–water partition coefficient (Wildman–Crippen LogP) is 1.82. The second-order valence-electron chi connectivity index (χ2n) is 4.44. The van der Waals surface area contributed by atoms with Gasteiger partial charge in [-0.2, -0.15) is 0 Å². The van der Waals surface area contributed by atoms with Gasteiger partial charge in [0, 0.05) is 11.4 Å². The average Bonchev–Trinajstić information content (AvgIpc) is 2.60. The summed E-state index contributed by atoms with van der Waals surface area (Å²) in [6.07, 6.45) is 0.690. The number of rotatable bonds is 4. The first-order valence-corrected chi connectivity index (χ1v) is 7.34. The predicted molar refractivity (Wildman–Crippen MR) is 71.3 cm³/mol. The third-order valence-corrected chi connectivity index (χ3v) is 4.70. The molecule has 1 aliphatic heterocycles. The summed E-state index contributed by atoms with van der Waals surface area (Å²) in [4.78, 5) is 0.347. The third kappa shape index (κ3) is 2.28. The second-order valence-corrected chi connectivity index (χ2v) is 6.21. The number of nitrogens with one attached hydrogen (secondary N) is 1. The standard InChI is InChI=1S/C13H17NO3S/c1-9(14-2)6-10-8-18(15,16)13-7-11(17-3)4-5-12(10)13/h4-5,7-9,14H,6H2,1-3H3. The fourth-order valence-electron chi connectivity index (χ4n) is 2.03. The van der Waals surface area contributed by atoms with Crippen molar-refractivity contribution < 1.29 is 13.2 Å². The van der Waals surface area contributed by atoms with Crippen LogP contribution in [-0.4, -0.2) is 28.6 Å². The molecule has 98 valence electrons. The van der Waals surface area contributed by atoms with Crippen LogP contribution in [0.25, 0.3) is 5.57 Å². The summed E-state index contributed by atoms with van der Waals surface area (Å²) in [5, 5.41) is 4.48. The number of sulfone groups is 1. The van der Waals surface area contributed by atoms with Gasteiger partial charge in [-0.05, 0) is 49.7 Å². The summed E-state index contributed by atoms with van der Waals surface area (Å²) in [6.45, 7) is 2.02. The minimum atomic E-state index is -3.31. The van der Waals surface area contributed by atoms with Crippen LogP contribution in [0.3, 0.4) is 0 Å². The number of hydrogen-bond acceptors (Lipinski definition) is 4. The van der Waals surface area contributed by atoms with Gasteiger partial charge in [0.05, 0.1) is 12.0 Å². The molecule has 1 heterocycles. The number of methoxy groups -OCH3 is 1. The molecule has 0 aliphatic carbocycles. The van der Waals surface area contributed by atoms with E-state index >= 15 is 0 Å². The molecule has 0 radical (unpaired) electrons. The summed E-state index contributed by atoms with van der Waals surface area (Å²) < 4.78 is 29.2. The number of ether oxygens (including phenoxy) is 1. The maximum Gasteiger partial charge on any atom is 0.200 e. The number of fused-ring (bicyclic) bond motifs is 1. The molecule has 0 bridgehead atoms. The van der Waals surface area contributed by atoms with E-state index in [0.717, 1.165) is 11.1 Å². The van der Waals surface area contributed by atoms with Crippen LogP contribution in [0.2, 0.25) is 0 Å². The molecule has 0 amide bonds. The highest BCUT2D eigenvalue weighted by atomic mass is 32.2. The van der Waals surface area contributed by atoms with Crippen molar-refractivity contribution >= 4 is 15.4 Å². The number of benzene rings is 1. The quantitative estimate of drug-likeness (QED) is 0.904. The highest BCUT2D eigenvalue weighted by Gasteiger charge is 2.27. The van der Waals surface area contributed by atoms with E-state index in [2.05, 4.69) is 5.32 Å². The molecular formula is C13H17NO3S. The second kappa shape index (κ2) is 4.74. The van der Waals surface area contributed by atoms with Gasteiger partial charge in [-0.15, -0.1) is 0 Å². The van der Waals surface area contributed by atoms with Crippen LogP contribution >= 0.6 is 0 Å². The summed E-state index contributed by atoms with van der Waals surface area (Å²) in [5.41, 5.74) is 1.65. The summed E-state index contributed by atoms with van der Waals surface area (Å²) in [6, 6.07) is 5.42. The highest BCUT2D eigenvalue weighted by Crippen LogP contribution is 2.37. The van der Waals surface area contributed by atoms with Gasteiger partial charge in [0.2, 0.25) is 9.84 Å². The summed E-state index contributed by atoms with van der Waals surface area (Å²) >= 11 is 0. The van der Waals surface area contributed by atoms with Crippen molar-refractivity contribution in [2.75, 3.05) is 14.2 Å². The Labute approximate surface area is 108 Å². The minimum Gasteiger partial charge on any atom is -0.497 e. The molecule has 2 rings (SSSR count). The first kappa shape index (κ1) is 13.1. The van der Waals surface area contributed by atoms with E-state index in [-0.39, 0.29) is 6.04 Å². The Bertz CT molecular complexity index is 590. The van der Waals surface area contributed by atoms with Crippen molar-refractivity contribution in [3.05, 3.63) is 29.2 Å². The van der Waals surface area contributed by atoms with E-state index in [1.807, 2.05) is 20.0 Å². The van der Waals surface area contributed by atoms with Crippen LogP contribution in [0.4, 0.5) is 0 Å². The van der Waals surface area contributed by atoms with Gasteiger partial charge in [0.25, 0.3) is 0 Å². The average molecular weight is 267 g/mol. The van der Waals surface area contributed by atoms with Crippen LogP contribution < -0.4 is 10.1 Å². The smallest absolute Gasteiger partial charge is 0.200 e. The molecule has 1 atom stereocenters. The van der Waals surface area contributed by atoms with Crippen molar-refractivity contribution in [3.63, 3.8) is 0 Å². The van der Waals surface area contributed by atoms with E-state index in [1.54, 1.807) is 12.1 Å². The summed E-state index contributed by atoms with van der Waals surface area (Å²) in [7, 11) is 0.0822. The topological polar surface area (TPSA) is 55.4 Å². The minimum absolute atomic E-state index is 0.236. The molecule has 1 aromatic rings. The van der Waals surface area contributed by atoms with Crippen LogP contribution in [-0.2, 0) is 9.84 Å². The molecule has 1 N–H and O–H groups in total. The fraction of sp³-hybridized carbons (Fsp3) is 0.385. The largest absolute Gasteiger partial charge is 0.497 e. The Morgan fingerprint density at radius 3 is 2.72 bits per heavy atom. The molecule has 18 heavy (non-hydrogen) atoms. The zero-order chi connectivity index (χ0) is 13.3. The van der Waals surface area contributed by atoms with Gasteiger partial charge in [-0.1, -0.05) is 0 Å². The van der Waals surface area contributed by atoms with Crippen LogP contribution in [0.5, 0.6) is 5.75 Å². The lowest BCUT2D eigenvalue weighted by Crippen LogP contribution is -2.21. The van der Waals surface area contributed by atoms with Crippen molar-refractivity contribution in [1.82, 2.24) is 5.32 Å². The number of hydrogen-bond donors (Lipinski definition) is 1.